The summed E-state index contributed by atoms with van der Waals surface area (Å²) >= 11 is 4.14. The first-order chi connectivity index (χ1) is 15.7. The van der Waals surface area contributed by atoms with E-state index in [0.717, 1.165) is 10.5 Å². The third kappa shape index (κ3) is 5.71. The summed E-state index contributed by atoms with van der Waals surface area (Å²) in [6.07, 6.45) is 1.51. The molecule has 12 heteroatoms. The van der Waals surface area contributed by atoms with Crippen LogP contribution in [0.1, 0.15) is 11.1 Å². The van der Waals surface area contributed by atoms with Crippen molar-refractivity contribution in [2.45, 2.75) is 6.61 Å². The van der Waals surface area contributed by atoms with E-state index in [-0.39, 0.29) is 17.2 Å². The molecule has 1 aliphatic heterocycles. The van der Waals surface area contributed by atoms with Gasteiger partial charge >= 0.3 is 5.97 Å². The first kappa shape index (κ1) is 24.3. The lowest BCUT2D eigenvalue weighted by Crippen LogP contribution is -2.34. The number of halogens is 1. The second kappa shape index (κ2) is 10.5. The van der Waals surface area contributed by atoms with Gasteiger partial charge in [0, 0.05) is 16.6 Å². The molecule has 0 N–H and O–H groups in total. The molecule has 1 heterocycles. The maximum Gasteiger partial charge on any atom is 0.325 e. The molecule has 0 aromatic heterocycles. The van der Waals surface area contributed by atoms with Crippen molar-refractivity contribution in [2.24, 2.45) is 0 Å². The fourth-order valence-electron chi connectivity index (χ4n) is 2.78. The molecule has 2 aromatic carbocycles. The molecule has 0 spiro atoms. The van der Waals surface area contributed by atoms with Crippen LogP contribution in [0.15, 0.2) is 45.8 Å². The smallest absolute Gasteiger partial charge is 0.325 e. The second-order valence-electron chi connectivity index (χ2n) is 6.58. The summed E-state index contributed by atoms with van der Waals surface area (Å²) in [5.41, 5.74) is 1.26. The van der Waals surface area contributed by atoms with E-state index in [4.69, 9.17) is 9.47 Å². The summed E-state index contributed by atoms with van der Waals surface area (Å²) in [4.78, 5) is 47.3. The van der Waals surface area contributed by atoms with E-state index in [0.29, 0.717) is 33.3 Å². The molecule has 0 bridgehead atoms. The van der Waals surface area contributed by atoms with Crippen LogP contribution in [0.25, 0.3) is 6.08 Å². The average Bonchev–Trinajstić information content (AvgIpc) is 3.06. The van der Waals surface area contributed by atoms with Gasteiger partial charge < -0.3 is 14.2 Å². The molecule has 2 aromatic rings. The zero-order valence-electron chi connectivity index (χ0n) is 17.4. The van der Waals surface area contributed by atoms with Gasteiger partial charge in [0.25, 0.3) is 16.8 Å². The zero-order chi connectivity index (χ0) is 24.1. The summed E-state index contributed by atoms with van der Waals surface area (Å²) in [7, 11) is 2.63. The molecule has 172 valence electrons. The molecule has 10 nitrogen and oxygen atoms in total. The normalized spacial score (nSPS) is 14.5. The van der Waals surface area contributed by atoms with Crippen LogP contribution in [0.2, 0.25) is 0 Å². The van der Waals surface area contributed by atoms with Crippen molar-refractivity contribution in [1.29, 1.82) is 0 Å². The highest BCUT2D eigenvalue weighted by Gasteiger charge is 2.36. The molecule has 1 aliphatic rings. The lowest BCUT2D eigenvalue weighted by molar-refractivity contribution is -0.384. The van der Waals surface area contributed by atoms with Gasteiger partial charge in [-0.25, -0.2) is 0 Å². The lowest BCUT2D eigenvalue weighted by Gasteiger charge is -2.13. The Morgan fingerprint density at radius 3 is 2.48 bits per heavy atom. The van der Waals surface area contributed by atoms with E-state index in [1.54, 1.807) is 24.3 Å². The van der Waals surface area contributed by atoms with E-state index in [9.17, 15) is 24.5 Å². The molecule has 0 atom stereocenters. The number of ether oxygens (including phenoxy) is 3. The maximum atomic E-state index is 12.5. The Morgan fingerprint density at radius 1 is 1.18 bits per heavy atom. The molecule has 0 saturated carbocycles. The number of nitro benzene ring substituents is 1. The number of thioether (sulfide) groups is 1. The van der Waals surface area contributed by atoms with Crippen LogP contribution < -0.4 is 9.47 Å². The van der Waals surface area contributed by atoms with Gasteiger partial charge in [-0.2, -0.15) is 0 Å². The van der Waals surface area contributed by atoms with Crippen LogP contribution >= 0.6 is 27.7 Å². The van der Waals surface area contributed by atoms with E-state index < -0.39 is 28.6 Å². The number of hydrogen-bond acceptors (Lipinski definition) is 9. The Hall–Kier alpha value is -3.38. The third-order valence-corrected chi connectivity index (χ3v) is 6.09. The van der Waals surface area contributed by atoms with Gasteiger partial charge in [-0.3, -0.25) is 29.4 Å². The summed E-state index contributed by atoms with van der Waals surface area (Å²) in [5, 5.41) is 10.2. The minimum absolute atomic E-state index is 0.0144. The number of rotatable bonds is 8. The maximum absolute atomic E-state index is 12.5. The van der Waals surface area contributed by atoms with Crippen LogP contribution in [0.5, 0.6) is 11.5 Å². The number of methoxy groups -OCH3 is 2. The van der Waals surface area contributed by atoms with Gasteiger partial charge in [-0.15, -0.1) is 0 Å². The summed E-state index contributed by atoms with van der Waals surface area (Å²) in [6, 6.07) is 9.25. The molecule has 0 radical (unpaired) electrons. The number of nitro groups is 1. The monoisotopic (exact) mass is 536 g/mol. The highest BCUT2D eigenvalue weighted by atomic mass is 79.9. The number of amides is 2. The molecule has 33 heavy (non-hydrogen) atoms. The molecule has 0 aliphatic carbocycles. The van der Waals surface area contributed by atoms with Crippen molar-refractivity contribution >= 4 is 56.6 Å². The molecular formula is C21H17BrN2O8S. The SMILES string of the molecule is COC(=O)CN1C(=O)S/C(=C\c2cc(OC)c(OCc3ccc([N+](=O)[O-])cc3)cc2Br)C1=O. The third-order valence-electron chi connectivity index (χ3n) is 4.50. The number of nitrogens with zero attached hydrogens (tertiary/aromatic N) is 2. The van der Waals surface area contributed by atoms with Gasteiger partial charge in [0.15, 0.2) is 11.5 Å². The summed E-state index contributed by atoms with van der Waals surface area (Å²) in [6.45, 7) is -0.315. The number of benzene rings is 2. The molecule has 1 fully saturated rings. The highest BCUT2D eigenvalue weighted by Crippen LogP contribution is 2.38. The number of carbonyl (C=O) groups excluding carboxylic acids is 3. The molecule has 3 rings (SSSR count). The van der Waals surface area contributed by atoms with Crippen molar-refractivity contribution in [3.8, 4) is 11.5 Å². The number of imide groups is 1. The summed E-state index contributed by atoms with van der Waals surface area (Å²) < 4.78 is 16.3. The number of non-ortho nitro benzene ring substituents is 1. The van der Waals surface area contributed by atoms with Crippen LogP contribution in [-0.2, 0) is 20.9 Å². The van der Waals surface area contributed by atoms with Crippen molar-refractivity contribution in [3.05, 3.63) is 67.0 Å². The average molecular weight is 537 g/mol. The van der Waals surface area contributed by atoms with Crippen LogP contribution in [0.3, 0.4) is 0 Å². The van der Waals surface area contributed by atoms with E-state index >= 15 is 0 Å². The summed E-state index contributed by atoms with van der Waals surface area (Å²) in [5.74, 6) is -0.519. The van der Waals surface area contributed by atoms with Crippen LogP contribution in [0, 0.1) is 10.1 Å². The van der Waals surface area contributed by atoms with Crippen molar-refractivity contribution < 1.29 is 33.5 Å². The van der Waals surface area contributed by atoms with Crippen molar-refractivity contribution in [1.82, 2.24) is 4.90 Å². The molecule has 1 saturated heterocycles. The number of esters is 1. The highest BCUT2D eigenvalue weighted by molar-refractivity contribution is 9.10. The number of carbonyl (C=O) groups is 3. The minimum atomic E-state index is -0.698. The van der Waals surface area contributed by atoms with Gasteiger partial charge in [0.05, 0.1) is 24.0 Å². The zero-order valence-corrected chi connectivity index (χ0v) is 19.8. The Morgan fingerprint density at radius 2 is 1.88 bits per heavy atom. The van der Waals surface area contributed by atoms with Gasteiger partial charge in [0.2, 0.25) is 0 Å². The first-order valence-electron chi connectivity index (χ1n) is 9.29. The fraction of sp³-hybridized carbons (Fsp3) is 0.190. The quantitative estimate of drug-likeness (QED) is 0.211. The lowest BCUT2D eigenvalue weighted by atomic mass is 10.1. The van der Waals surface area contributed by atoms with Gasteiger partial charge in [-0.05, 0) is 53.2 Å². The van der Waals surface area contributed by atoms with Crippen LogP contribution in [0.4, 0.5) is 10.5 Å². The van der Waals surface area contributed by atoms with E-state index in [1.165, 1.54) is 32.4 Å². The largest absolute Gasteiger partial charge is 0.493 e. The molecular weight excluding hydrogens is 520 g/mol. The standard InChI is InChI=1S/C21H17BrN2O8S/c1-30-16-7-13(8-18-20(26)23(21(27)33-18)10-19(25)31-2)15(22)9-17(16)32-11-12-3-5-14(6-4-12)24(28)29/h3-9H,10-11H2,1-2H3/b18-8-. The Balaban J connectivity index is 1.79. The topological polar surface area (TPSA) is 125 Å². The predicted octanol–water partition coefficient (Wildman–Crippen LogP) is 4.15. The Bertz CT molecular complexity index is 1150. The predicted molar refractivity (Wildman–Crippen MR) is 123 cm³/mol. The minimum Gasteiger partial charge on any atom is -0.493 e. The van der Waals surface area contributed by atoms with Gasteiger partial charge in [0.1, 0.15) is 13.2 Å². The number of hydrogen-bond donors (Lipinski definition) is 0. The Labute approximate surface area is 200 Å². The molecule has 2 amide bonds. The first-order valence-corrected chi connectivity index (χ1v) is 10.9. The van der Waals surface area contributed by atoms with E-state index in [2.05, 4.69) is 20.7 Å². The van der Waals surface area contributed by atoms with Crippen molar-refractivity contribution in [2.75, 3.05) is 20.8 Å². The Kier molecular flexibility index (Phi) is 7.71. The van der Waals surface area contributed by atoms with Crippen LogP contribution in [-0.4, -0.2) is 47.7 Å². The second-order valence-corrected chi connectivity index (χ2v) is 8.43. The van der Waals surface area contributed by atoms with Gasteiger partial charge in [-0.1, -0.05) is 15.9 Å². The molecule has 0 unspecified atom stereocenters. The van der Waals surface area contributed by atoms with E-state index in [1.807, 2.05) is 0 Å². The fourth-order valence-corrected chi connectivity index (χ4v) is 4.05. The van der Waals surface area contributed by atoms with Crippen molar-refractivity contribution in [3.63, 3.8) is 0 Å².